The Morgan fingerprint density at radius 2 is 1.55 bits per heavy atom. The predicted molar refractivity (Wildman–Crippen MR) is 77.6 cm³/mol. The zero-order valence-corrected chi connectivity index (χ0v) is 12.3. The molecular weight excluding hydrogens is 254 g/mol. The van der Waals surface area contributed by atoms with Gasteiger partial charge in [-0.05, 0) is 32.1 Å². The minimum atomic E-state index is -0.979. The van der Waals surface area contributed by atoms with E-state index in [2.05, 4.69) is 9.80 Å². The summed E-state index contributed by atoms with van der Waals surface area (Å²) in [5.74, 6) is -0.829. The van der Waals surface area contributed by atoms with Gasteiger partial charge in [0.2, 0.25) is 0 Å². The second kappa shape index (κ2) is 5.62. The largest absolute Gasteiger partial charge is 0.480 e. The first-order valence-electron chi connectivity index (χ1n) is 8.09. The maximum Gasteiger partial charge on any atom is 0.323 e. The lowest BCUT2D eigenvalue weighted by molar-refractivity contribution is -0.143. The Balaban J connectivity index is 1.50. The van der Waals surface area contributed by atoms with Crippen LogP contribution in [0.2, 0.25) is 0 Å². The molecule has 2 saturated carbocycles. The van der Waals surface area contributed by atoms with Gasteiger partial charge in [0.15, 0.2) is 0 Å². The van der Waals surface area contributed by atoms with Gasteiger partial charge in [0, 0.05) is 38.3 Å². The van der Waals surface area contributed by atoms with Gasteiger partial charge in [0.25, 0.3) is 0 Å². The van der Waals surface area contributed by atoms with E-state index in [-0.39, 0.29) is 0 Å². The summed E-state index contributed by atoms with van der Waals surface area (Å²) in [5, 5.41) is 9.22. The number of carbonyl (C=O) groups is 1. The molecule has 0 radical (unpaired) electrons. The van der Waals surface area contributed by atoms with Gasteiger partial charge in [0.1, 0.15) is 5.54 Å². The van der Waals surface area contributed by atoms with Gasteiger partial charge in [0.05, 0.1) is 0 Å². The van der Waals surface area contributed by atoms with Gasteiger partial charge in [-0.1, -0.05) is 12.8 Å². The third kappa shape index (κ3) is 2.71. The van der Waals surface area contributed by atoms with E-state index < -0.39 is 11.5 Å². The van der Waals surface area contributed by atoms with Crippen molar-refractivity contribution in [1.82, 2.24) is 9.80 Å². The first kappa shape index (κ1) is 14.3. The Morgan fingerprint density at radius 1 is 1.00 bits per heavy atom. The smallest absolute Gasteiger partial charge is 0.323 e. The van der Waals surface area contributed by atoms with Crippen LogP contribution >= 0.6 is 0 Å². The minimum absolute atomic E-state index is 0.377. The number of hydrogen-bond donors (Lipinski definition) is 2. The molecule has 1 heterocycles. The monoisotopic (exact) mass is 281 g/mol. The molecule has 2 unspecified atom stereocenters. The number of rotatable bonds is 3. The predicted octanol–water partition coefficient (Wildman–Crippen LogP) is 0.881. The molecule has 1 aliphatic heterocycles. The zero-order chi connectivity index (χ0) is 14.2. The molecule has 0 aromatic carbocycles. The summed E-state index contributed by atoms with van der Waals surface area (Å²) in [4.78, 5) is 16.3. The van der Waals surface area contributed by atoms with Crippen molar-refractivity contribution in [2.75, 3.05) is 26.2 Å². The van der Waals surface area contributed by atoms with Crippen LogP contribution < -0.4 is 5.73 Å². The van der Waals surface area contributed by atoms with Crippen LogP contribution in [0.5, 0.6) is 0 Å². The lowest BCUT2D eigenvalue weighted by atomic mass is 9.99. The SMILES string of the molecule is NC1(C(=O)O)CCC(N2CCN(C3CCCC3)CC2)C1. The van der Waals surface area contributed by atoms with Crippen molar-refractivity contribution < 1.29 is 9.90 Å². The van der Waals surface area contributed by atoms with E-state index in [9.17, 15) is 9.90 Å². The van der Waals surface area contributed by atoms with E-state index >= 15 is 0 Å². The van der Waals surface area contributed by atoms with Crippen molar-refractivity contribution in [3.05, 3.63) is 0 Å². The molecule has 3 aliphatic rings. The van der Waals surface area contributed by atoms with Gasteiger partial charge in [-0.2, -0.15) is 0 Å². The molecule has 2 aliphatic carbocycles. The number of hydrogen-bond acceptors (Lipinski definition) is 4. The number of piperazine rings is 1. The maximum absolute atomic E-state index is 11.2. The molecule has 3 fully saturated rings. The first-order valence-corrected chi connectivity index (χ1v) is 8.09. The normalized spacial score (nSPS) is 37.5. The second-order valence-corrected chi connectivity index (χ2v) is 6.87. The summed E-state index contributed by atoms with van der Waals surface area (Å²) in [5.41, 5.74) is 5.01. The molecule has 3 N–H and O–H groups in total. The molecule has 3 rings (SSSR count). The highest BCUT2D eigenvalue weighted by Crippen LogP contribution is 2.32. The number of nitrogens with two attached hydrogens (primary N) is 1. The van der Waals surface area contributed by atoms with E-state index in [0.29, 0.717) is 18.9 Å². The quantitative estimate of drug-likeness (QED) is 0.804. The Hall–Kier alpha value is -0.650. The highest BCUT2D eigenvalue weighted by molar-refractivity contribution is 5.79. The van der Waals surface area contributed by atoms with Crippen LogP contribution in [0, 0.1) is 0 Å². The van der Waals surface area contributed by atoms with E-state index in [1.807, 2.05) is 0 Å². The lowest BCUT2D eigenvalue weighted by Crippen LogP contribution is -2.53. The van der Waals surface area contributed by atoms with Crippen molar-refractivity contribution >= 4 is 5.97 Å². The number of nitrogens with zero attached hydrogens (tertiary/aromatic N) is 2. The standard InChI is InChI=1S/C15H27N3O2/c16-15(14(19)20)6-5-13(11-15)18-9-7-17(8-10-18)12-3-1-2-4-12/h12-13H,1-11,16H2,(H,19,20). The van der Waals surface area contributed by atoms with Crippen LogP contribution in [0.3, 0.4) is 0 Å². The fourth-order valence-corrected chi connectivity index (χ4v) is 4.29. The minimum Gasteiger partial charge on any atom is -0.480 e. The molecule has 5 heteroatoms. The van der Waals surface area contributed by atoms with Crippen LogP contribution in [0.15, 0.2) is 0 Å². The van der Waals surface area contributed by atoms with Crippen LogP contribution in [0.25, 0.3) is 0 Å². The summed E-state index contributed by atoms with van der Waals surface area (Å²) < 4.78 is 0. The molecule has 1 saturated heterocycles. The summed E-state index contributed by atoms with van der Waals surface area (Å²) in [6.07, 6.45) is 7.69. The third-order valence-electron chi connectivity index (χ3n) is 5.66. The lowest BCUT2D eigenvalue weighted by Gasteiger charge is -2.40. The molecule has 0 aromatic heterocycles. The Bertz CT molecular complexity index is 362. The van der Waals surface area contributed by atoms with Crippen LogP contribution in [-0.4, -0.2) is 64.7 Å². The average molecular weight is 281 g/mol. The summed E-state index contributed by atoms with van der Waals surface area (Å²) in [6.45, 7) is 4.45. The van der Waals surface area contributed by atoms with Crippen molar-refractivity contribution in [1.29, 1.82) is 0 Å². The van der Waals surface area contributed by atoms with Crippen molar-refractivity contribution in [2.24, 2.45) is 5.73 Å². The molecular formula is C15H27N3O2. The van der Waals surface area contributed by atoms with Gasteiger partial charge in [-0.15, -0.1) is 0 Å². The number of aliphatic carboxylic acids is 1. The van der Waals surface area contributed by atoms with Crippen molar-refractivity contribution in [3.63, 3.8) is 0 Å². The zero-order valence-electron chi connectivity index (χ0n) is 12.3. The maximum atomic E-state index is 11.2. The van der Waals surface area contributed by atoms with Gasteiger partial charge < -0.3 is 10.8 Å². The molecule has 0 spiro atoms. The van der Waals surface area contributed by atoms with Crippen LogP contribution in [0.1, 0.15) is 44.9 Å². The topological polar surface area (TPSA) is 69.8 Å². The highest BCUT2D eigenvalue weighted by atomic mass is 16.4. The van der Waals surface area contributed by atoms with Crippen molar-refractivity contribution in [3.8, 4) is 0 Å². The van der Waals surface area contributed by atoms with Gasteiger partial charge in [-0.3, -0.25) is 14.6 Å². The molecule has 0 bridgehead atoms. The van der Waals surface area contributed by atoms with Crippen LogP contribution in [-0.2, 0) is 4.79 Å². The first-order chi connectivity index (χ1) is 9.58. The molecule has 20 heavy (non-hydrogen) atoms. The average Bonchev–Trinajstić information content (AvgIpc) is 3.09. The third-order valence-corrected chi connectivity index (χ3v) is 5.66. The Labute approximate surface area is 121 Å². The molecule has 114 valence electrons. The number of carboxylic acid groups (broad SMARTS) is 1. The van der Waals surface area contributed by atoms with E-state index in [0.717, 1.165) is 38.6 Å². The molecule has 5 nitrogen and oxygen atoms in total. The fourth-order valence-electron chi connectivity index (χ4n) is 4.29. The molecule has 0 aromatic rings. The fraction of sp³-hybridized carbons (Fsp3) is 0.933. The summed E-state index contributed by atoms with van der Waals surface area (Å²) >= 11 is 0. The molecule has 2 atom stereocenters. The Morgan fingerprint density at radius 3 is 2.05 bits per heavy atom. The Kier molecular flexibility index (Phi) is 4.02. The van der Waals surface area contributed by atoms with Gasteiger partial charge in [-0.25, -0.2) is 0 Å². The van der Waals surface area contributed by atoms with E-state index in [4.69, 9.17) is 5.73 Å². The number of carboxylic acids is 1. The van der Waals surface area contributed by atoms with Gasteiger partial charge >= 0.3 is 5.97 Å². The van der Waals surface area contributed by atoms with E-state index in [1.165, 1.54) is 25.7 Å². The summed E-state index contributed by atoms with van der Waals surface area (Å²) in [7, 11) is 0. The second-order valence-electron chi connectivity index (χ2n) is 6.87. The van der Waals surface area contributed by atoms with E-state index in [1.54, 1.807) is 0 Å². The molecule has 0 amide bonds. The van der Waals surface area contributed by atoms with Crippen molar-refractivity contribution in [2.45, 2.75) is 62.6 Å². The highest BCUT2D eigenvalue weighted by Gasteiger charge is 2.44. The summed E-state index contributed by atoms with van der Waals surface area (Å²) in [6, 6.07) is 1.19. The van der Waals surface area contributed by atoms with Crippen LogP contribution in [0.4, 0.5) is 0 Å².